The summed E-state index contributed by atoms with van der Waals surface area (Å²) in [4.78, 5) is 4.52. The fourth-order valence-corrected chi connectivity index (χ4v) is 2.28. The lowest BCUT2D eigenvalue weighted by Crippen LogP contribution is -2.35. The number of nitrogens with one attached hydrogen (secondary N) is 1. The van der Waals surface area contributed by atoms with Gasteiger partial charge in [0.05, 0.1) is 0 Å². The van der Waals surface area contributed by atoms with E-state index in [9.17, 15) is 0 Å². The number of rotatable bonds is 2. The number of hydrogen-bond acceptors (Lipinski definition) is 3. The van der Waals surface area contributed by atoms with Crippen LogP contribution in [0.25, 0.3) is 5.65 Å². The molecule has 0 radical (unpaired) electrons. The SMILES string of the molecule is c1ccn2nc(CC3CCCCN3)nc2c1. The van der Waals surface area contributed by atoms with Gasteiger partial charge in [-0.15, -0.1) is 0 Å². The molecule has 16 heavy (non-hydrogen) atoms. The van der Waals surface area contributed by atoms with Gasteiger partial charge in [0.2, 0.25) is 0 Å². The second-order valence-electron chi connectivity index (χ2n) is 4.38. The average molecular weight is 216 g/mol. The van der Waals surface area contributed by atoms with Crippen molar-refractivity contribution in [3.8, 4) is 0 Å². The van der Waals surface area contributed by atoms with Crippen LogP contribution in [0, 0.1) is 0 Å². The molecule has 1 unspecified atom stereocenters. The first-order chi connectivity index (χ1) is 7.92. The Morgan fingerprint density at radius 2 is 2.38 bits per heavy atom. The summed E-state index contributed by atoms with van der Waals surface area (Å²) in [5.74, 6) is 0.950. The van der Waals surface area contributed by atoms with Gasteiger partial charge in [-0.1, -0.05) is 12.5 Å². The highest BCUT2D eigenvalue weighted by atomic mass is 15.3. The third kappa shape index (κ3) is 1.93. The van der Waals surface area contributed by atoms with Gasteiger partial charge in [0, 0.05) is 18.7 Å². The fraction of sp³-hybridized carbons (Fsp3) is 0.500. The van der Waals surface area contributed by atoms with Crippen molar-refractivity contribution in [3.63, 3.8) is 0 Å². The van der Waals surface area contributed by atoms with Gasteiger partial charge >= 0.3 is 0 Å². The maximum absolute atomic E-state index is 4.52. The van der Waals surface area contributed by atoms with Gasteiger partial charge < -0.3 is 5.32 Å². The molecule has 2 aromatic rings. The molecule has 2 aromatic heterocycles. The van der Waals surface area contributed by atoms with Crippen molar-refractivity contribution in [1.82, 2.24) is 19.9 Å². The van der Waals surface area contributed by atoms with Crippen molar-refractivity contribution < 1.29 is 0 Å². The number of hydrogen-bond donors (Lipinski definition) is 1. The van der Waals surface area contributed by atoms with Crippen LogP contribution < -0.4 is 5.32 Å². The van der Waals surface area contributed by atoms with Gasteiger partial charge in [-0.3, -0.25) is 0 Å². The van der Waals surface area contributed by atoms with Crippen molar-refractivity contribution in [3.05, 3.63) is 30.2 Å². The Morgan fingerprint density at radius 1 is 1.38 bits per heavy atom. The van der Waals surface area contributed by atoms with Crippen LogP contribution in [0.1, 0.15) is 25.1 Å². The molecule has 1 saturated heterocycles. The normalized spacial score (nSPS) is 21.4. The van der Waals surface area contributed by atoms with Crippen molar-refractivity contribution in [2.75, 3.05) is 6.54 Å². The molecule has 0 amide bonds. The van der Waals surface area contributed by atoms with Crippen LogP contribution in [-0.4, -0.2) is 27.2 Å². The van der Waals surface area contributed by atoms with Crippen molar-refractivity contribution in [2.45, 2.75) is 31.7 Å². The van der Waals surface area contributed by atoms with Crippen LogP contribution in [-0.2, 0) is 6.42 Å². The lowest BCUT2D eigenvalue weighted by atomic mass is 10.0. The quantitative estimate of drug-likeness (QED) is 0.825. The minimum absolute atomic E-state index is 0.561. The van der Waals surface area contributed by atoms with E-state index < -0.39 is 0 Å². The van der Waals surface area contributed by atoms with Crippen LogP contribution in [0.15, 0.2) is 24.4 Å². The summed E-state index contributed by atoms with van der Waals surface area (Å²) in [5.41, 5.74) is 0.938. The van der Waals surface area contributed by atoms with Gasteiger partial charge in [-0.25, -0.2) is 9.50 Å². The number of fused-ring (bicyclic) bond motifs is 1. The first-order valence-electron chi connectivity index (χ1n) is 5.95. The minimum atomic E-state index is 0.561. The Bertz CT molecular complexity index is 438. The third-order valence-electron chi connectivity index (χ3n) is 3.13. The second-order valence-corrected chi connectivity index (χ2v) is 4.38. The Morgan fingerprint density at radius 3 is 3.19 bits per heavy atom. The molecule has 1 aliphatic heterocycles. The molecular weight excluding hydrogens is 200 g/mol. The largest absolute Gasteiger partial charge is 0.314 e. The Labute approximate surface area is 94.7 Å². The van der Waals surface area contributed by atoms with Crippen molar-refractivity contribution >= 4 is 5.65 Å². The van der Waals surface area contributed by atoms with E-state index in [-0.39, 0.29) is 0 Å². The van der Waals surface area contributed by atoms with E-state index in [0.29, 0.717) is 6.04 Å². The molecule has 1 atom stereocenters. The summed E-state index contributed by atoms with van der Waals surface area (Å²) >= 11 is 0. The maximum atomic E-state index is 4.52. The molecule has 4 nitrogen and oxygen atoms in total. The number of nitrogens with zero attached hydrogens (tertiary/aromatic N) is 3. The van der Waals surface area contributed by atoms with Gasteiger partial charge in [0.1, 0.15) is 0 Å². The third-order valence-corrected chi connectivity index (χ3v) is 3.13. The smallest absolute Gasteiger partial charge is 0.155 e. The standard InChI is InChI=1S/C12H16N4/c1-3-7-13-10(5-1)9-11-14-12-6-2-4-8-16(12)15-11/h2,4,6,8,10,13H,1,3,5,7,9H2. The predicted molar refractivity (Wildman–Crippen MR) is 62.3 cm³/mol. The molecule has 0 saturated carbocycles. The van der Waals surface area contributed by atoms with E-state index in [2.05, 4.69) is 15.4 Å². The number of pyridine rings is 1. The van der Waals surface area contributed by atoms with Crippen molar-refractivity contribution in [1.29, 1.82) is 0 Å². The Balaban J connectivity index is 1.78. The molecule has 3 heterocycles. The summed E-state index contributed by atoms with van der Waals surface area (Å²) in [6, 6.07) is 6.52. The highest BCUT2D eigenvalue weighted by Gasteiger charge is 2.15. The first kappa shape index (κ1) is 9.78. The lowest BCUT2D eigenvalue weighted by Gasteiger charge is -2.21. The number of piperidine rings is 1. The van der Waals surface area contributed by atoms with Crippen molar-refractivity contribution in [2.24, 2.45) is 0 Å². The van der Waals surface area contributed by atoms with E-state index in [4.69, 9.17) is 0 Å². The fourth-order valence-electron chi connectivity index (χ4n) is 2.28. The average Bonchev–Trinajstić information content (AvgIpc) is 2.72. The predicted octanol–water partition coefficient (Wildman–Crippen LogP) is 1.41. The molecule has 1 aliphatic rings. The molecule has 0 aromatic carbocycles. The molecule has 4 heteroatoms. The van der Waals surface area contributed by atoms with Crippen LogP contribution in [0.4, 0.5) is 0 Å². The summed E-state index contributed by atoms with van der Waals surface area (Å²) in [7, 11) is 0. The summed E-state index contributed by atoms with van der Waals surface area (Å²) < 4.78 is 1.85. The number of aromatic nitrogens is 3. The van der Waals surface area contributed by atoms with Crippen LogP contribution >= 0.6 is 0 Å². The van der Waals surface area contributed by atoms with E-state index >= 15 is 0 Å². The zero-order valence-electron chi connectivity index (χ0n) is 9.26. The molecule has 84 valence electrons. The van der Waals surface area contributed by atoms with Gasteiger partial charge in [-0.05, 0) is 31.5 Å². The van der Waals surface area contributed by atoms with E-state index in [1.54, 1.807) is 0 Å². The van der Waals surface area contributed by atoms with Crippen LogP contribution in [0.2, 0.25) is 0 Å². The van der Waals surface area contributed by atoms with Crippen LogP contribution in [0.3, 0.4) is 0 Å². The first-order valence-corrected chi connectivity index (χ1v) is 5.95. The minimum Gasteiger partial charge on any atom is -0.314 e. The molecule has 1 fully saturated rings. The molecule has 0 aliphatic carbocycles. The maximum Gasteiger partial charge on any atom is 0.155 e. The van der Waals surface area contributed by atoms with Gasteiger partial charge in [0.15, 0.2) is 11.5 Å². The second kappa shape index (κ2) is 4.22. The highest BCUT2D eigenvalue weighted by Crippen LogP contribution is 2.11. The Hall–Kier alpha value is -1.42. The monoisotopic (exact) mass is 216 g/mol. The Kier molecular flexibility index (Phi) is 2.58. The van der Waals surface area contributed by atoms with Gasteiger partial charge in [0.25, 0.3) is 0 Å². The van der Waals surface area contributed by atoms with E-state index in [1.807, 2.05) is 28.9 Å². The van der Waals surface area contributed by atoms with E-state index in [1.165, 1.54) is 19.3 Å². The molecule has 0 spiro atoms. The lowest BCUT2D eigenvalue weighted by molar-refractivity contribution is 0.394. The molecule has 1 N–H and O–H groups in total. The topological polar surface area (TPSA) is 42.2 Å². The summed E-state index contributed by atoms with van der Waals surface area (Å²) in [5, 5.41) is 8.00. The summed E-state index contributed by atoms with van der Waals surface area (Å²) in [6.07, 6.45) is 6.76. The summed E-state index contributed by atoms with van der Waals surface area (Å²) in [6.45, 7) is 1.14. The van der Waals surface area contributed by atoms with E-state index in [0.717, 1.165) is 24.4 Å². The van der Waals surface area contributed by atoms with Crippen LogP contribution in [0.5, 0.6) is 0 Å². The molecular formula is C12H16N4. The highest BCUT2D eigenvalue weighted by molar-refractivity contribution is 5.36. The molecule has 3 rings (SSSR count). The molecule has 0 bridgehead atoms. The van der Waals surface area contributed by atoms with Gasteiger partial charge in [-0.2, -0.15) is 5.10 Å². The zero-order valence-corrected chi connectivity index (χ0v) is 9.26. The zero-order chi connectivity index (χ0) is 10.8.